The van der Waals surface area contributed by atoms with Gasteiger partial charge in [0, 0.05) is 12.7 Å². The molecule has 1 unspecified atom stereocenters. The highest BCUT2D eigenvalue weighted by atomic mass is 32.2. The van der Waals surface area contributed by atoms with E-state index in [1.54, 1.807) is 7.05 Å². The van der Waals surface area contributed by atoms with E-state index in [0.29, 0.717) is 21.3 Å². The molecule has 0 bridgehead atoms. The first-order valence-electron chi connectivity index (χ1n) is 8.46. The number of aromatic nitrogens is 2. The average molecular weight is 388 g/mol. The van der Waals surface area contributed by atoms with Gasteiger partial charge in [-0.2, -0.15) is 0 Å². The minimum Gasteiger partial charge on any atom is -0.325 e. The SMILES string of the molecule is CCC(C)c1ccc(NC(=O)CSc2nc3ccsc3c(=O)n2C)cc1. The number of nitrogens with zero attached hydrogens (tertiary/aromatic N) is 2. The quantitative estimate of drug-likeness (QED) is 0.508. The van der Waals surface area contributed by atoms with Crippen LogP contribution < -0.4 is 10.9 Å². The summed E-state index contributed by atoms with van der Waals surface area (Å²) in [6.07, 6.45) is 1.09. The Morgan fingerprint density at radius 3 is 2.73 bits per heavy atom. The molecule has 1 aromatic carbocycles. The van der Waals surface area contributed by atoms with Crippen LogP contribution in [0.1, 0.15) is 31.7 Å². The molecule has 0 aliphatic rings. The van der Waals surface area contributed by atoms with E-state index in [2.05, 4.69) is 24.1 Å². The van der Waals surface area contributed by atoms with Gasteiger partial charge in [-0.1, -0.05) is 37.7 Å². The van der Waals surface area contributed by atoms with Gasteiger partial charge in [-0.25, -0.2) is 4.98 Å². The van der Waals surface area contributed by atoms with Crippen molar-refractivity contribution in [2.24, 2.45) is 7.05 Å². The van der Waals surface area contributed by atoms with Crippen molar-refractivity contribution >= 4 is 44.9 Å². The highest BCUT2D eigenvalue weighted by molar-refractivity contribution is 7.99. The first-order chi connectivity index (χ1) is 12.5. The predicted molar refractivity (Wildman–Crippen MR) is 109 cm³/mol. The molecule has 1 atom stereocenters. The van der Waals surface area contributed by atoms with Crippen molar-refractivity contribution in [1.29, 1.82) is 0 Å². The van der Waals surface area contributed by atoms with Gasteiger partial charge in [0.1, 0.15) is 4.70 Å². The molecule has 2 aromatic heterocycles. The van der Waals surface area contributed by atoms with Gasteiger partial charge in [-0.05, 0) is 41.5 Å². The molecule has 1 N–H and O–H groups in total. The van der Waals surface area contributed by atoms with Crippen molar-refractivity contribution in [1.82, 2.24) is 9.55 Å². The molecule has 3 rings (SSSR count). The second-order valence-corrected chi connectivity index (χ2v) is 8.02. The Hall–Kier alpha value is -2.12. The van der Waals surface area contributed by atoms with Crippen molar-refractivity contribution in [3.63, 3.8) is 0 Å². The summed E-state index contributed by atoms with van der Waals surface area (Å²) >= 11 is 2.65. The van der Waals surface area contributed by atoms with Crippen LogP contribution in [-0.2, 0) is 11.8 Å². The maximum absolute atomic E-state index is 12.3. The third kappa shape index (κ3) is 3.99. The van der Waals surface area contributed by atoms with E-state index >= 15 is 0 Å². The lowest BCUT2D eigenvalue weighted by atomic mass is 9.99. The minimum atomic E-state index is -0.119. The zero-order chi connectivity index (χ0) is 18.7. The number of hydrogen-bond acceptors (Lipinski definition) is 5. The van der Waals surface area contributed by atoms with Crippen LogP contribution in [0.4, 0.5) is 5.69 Å². The fourth-order valence-corrected chi connectivity index (χ4v) is 4.13. The molecule has 0 radical (unpaired) electrons. The van der Waals surface area contributed by atoms with Gasteiger partial charge >= 0.3 is 0 Å². The average Bonchev–Trinajstić information content (AvgIpc) is 3.12. The van der Waals surface area contributed by atoms with Crippen LogP contribution in [0.25, 0.3) is 10.2 Å². The molecule has 0 fully saturated rings. The molecule has 0 spiro atoms. The smallest absolute Gasteiger partial charge is 0.271 e. The second-order valence-electron chi connectivity index (χ2n) is 6.16. The Labute approximate surface area is 160 Å². The maximum Gasteiger partial charge on any atom is 0.271 e. The third-order valence-corrected chi connectivity index (χ3v) is 6.28. The van der Waals surface area contributed by atoms with Crippen LogP contribution in [0.5, 0.6) is 0 Å². The molecule has 0 saturated carbocycles. The summed E-state index contributed by atoms with van der Waals surface area (Å²) in [7, 11) is 1.68. The molecular formula is C19H21N3O2S2. The first-order valence-corrected chi connectivity index (χ1v) is 10.3. The zero-order valence-corrected chi connectivity index (χ0v) is 16.6. The van der Waals surface area contributed by atoms with Crippen LogP contribution in [0.3, 0.4) is 0 Å². The van der Waals surface area contributed by atoms with E-state index in [1.807, 2.05) is 35.7 Å². The van der Waals surface area contributed by atoms with Gasteiger partial charge in [0.05, 0.1) is 11.3 Å². The van der Waals surface area contributed by atoms with Crippen LogP contribution in [-0.4, -0.2) is 21.2 Å². The molecule has 5 nitrogen and oxygen atoms in total. The number of benzene rings is 1. The lowest BCUT2D eigenvalue weighted by Gasteiger charge is -2.11. The van der Waals surface area contributed by atoms with Gasteiger partial charge in [-0.15, -0.1) is 11.3 Å². The number of anilines is 1. The summed E-state index contributed by atoms with van der Waals surface area (Å²) < 4.78 is 2.14. The number of thiophene rings is 1. The van der Waals surface area contributed by atoms with Crippen LogP contribution in [0, 0.1) is 0 Å². The molecule has 0 saturated heterocycles. The number of carbonyl (C=O) groups is 1. The zero-order valence-electron chi connectivity index (χ0n) is 15.0. The number of hydrogen-bond donors (Lipinski definition) is 1. The summed E-state index contributed by atoms with van der Waals surface area (Å²) in [4.78, 5) is 29.0. The summed E-state index contributed by atoms with van der Waals surface area (Å²) in [6, 6.07) is 9.77. The van der Waals surface area contributed by atoms with E-state index in [9.17, 15) is 9.59 Å². The largest absolute Gasteiger partial charge is 0.325 e. The molecule has 3 aromatic rings. The normalized spacial score (nSPS) is 12.3. The van der Waals surface area contributed by atoms with Crippen LogP contribution in [0.2, 0.25) is 0 Å². The predicted octanol–water partition coefficient (Wildman–Crippen LogP) is 4.24. The summed E-state index contributed by atoms with van der Waals surface area (Å²) in [5, 5.41) is 5.28. The monoisotopic (exact) mass is 387 g/mol. The molecule has 7 heteroatoms. The van der Waals surface area contributed by atoms with Gasteiger partial charge in [0.25, 0.3) is 5.56 Å². The van der Waals surface area contributed by atoms with E-state index < -0.39 is 0 Å². The topological polar surface area (TPSA) is 64.0 Å². The van der Waals surface area contributed by atoms with Gasteiger partial charge in [0.2, 0.25) is 5.91 Å². The van der Waals surface area contributed by atoms with Crippen molar-refractivity contribution in [3.05, 3.63) is 51.6 Å². The molecule has 0 aliphatic heterocycles. The number of fused-ring (bicyclic) bond motifs is 1. The van der Waals surface area contributed by atoms with Crippen molar-refractivity contribution in [3.8, 4) is 0 Å². The fourth-order valence-electron chi connectivity index (χ4n) is 2.55. The van der Waals surface area contributed by atoms with Crippen LogP contribution >= 0.6 is 23.1 Å². The van der Waals surface area contributed by atoms with Crippen LogP contribution in [0.15, 0.2) is 45.7 Å². The Balaban J connectivity index is 1.64. The molecule has 136 valence electrons. The minimum absolute atomic E-state index is 0.0754. The highest BCUT2D eigenvalue weighted by Gasteiger charge is 2.12. The van der Waals surface area contributed by atoms with Crippen molar-refractivity contribution in [2.45, 2.75) is 31.3 Å². The Morgan fingerprint density at radius 2 is 2.04 bits per heavy atom. The van der Waals surface area contributed by atoms with E-state index in [-0.39, 0.29) is 17.2 Å². The summed E-state index contributed by atoms with van der Waals surface area (Å²) in [5.74, 6) is 0.587. The molecule has 0 aliphatic carbocycles. The van der Waals surface area contributed by atoms with Crippen molar-refractivity contribution < 1.29 is 4.79 Å². The van der Waals surface area contributed by atoms with E-state index in [1.165, 1.54) is 33.2 Å². The third-order valence-electron chi connectivity index (χ3n) is 4.35. The lowest BCUT2D eigenvalue weighted by molar-refractivity contribution is -0.113. The second kappa shape index (κ2) is 8.05. The number of thioether (sulfide) groups is 1. The van der Waals surface area contributed by atoms with E-state index in [0.717, 1.165) is 12.1 Å². The summed E-state index contributed by atoms with van der Waals surface area (Å²) in [6.45, 7) is 4.35. The van der Waals surface area contributed by atoms with Gasteiger partial charge < -0.3 is 5.32 Å². The fraction of sp³-hybridized carbons (Fsp3) is 0.316. The number of nitrogens with one attached hydrogen (secondary N) is 1. The Bertz CT molecular complexity index is 977. The lowest BCUT2D eigenvalue weighted by Crippen LogP contribution is -2.20. The molecule has 1 amide bonds. The summed E-state index contributed by atoms with van der Waals surface area (Å²) in [5.41, 5.74) is 2.65. The van der Waals surface area contributed by atoms with E-state index in [4.69, 9.17) is 0 Å². The van der Waals surface area contributed by atoms with Gasteiger partial charge in [0.15, 0.2) is 5.16 Å². The molecule has 2 heterocycles. The van der Waals surface area contributed by atoms with Gasteiger partial charge in [-0.3, -0.25) is 14.2 Å². The Kier molecular flexibility index (Phi) is 5.78. The highest BCUT2D eigenvalue weighted by Crippen LogP contribution is 2.22. The molecule has 26 heavy (non-hydrogen) atoms. The number of amides is 1. The first kappa shape index (κ1) is 18.7. The number of carbonyl (C=O) groups excluding carboxylic acids is 1. The Morgan fingerprint density at radius 1 is 1.31 bits per heavy atom. The standard InChI is InChI=1S/C19H21N3O2S2/c1-4-12(2)13-5-7-14(8-6-13)20-16(23)11-26-19-21-15-9-10-25-17(15)18(24)22(19)3/h5-10,12H,4,11H2,1-3H3,(H,20,23). The van der Waals surface area contributed by atoms with Crippen molar-refractivity contribution in [2.75, 3.05) is 11.1 Å². The molecular weight excluding hydrogens is 366 g/mol. The number of rotatable bonds is 6. The maximum atomic E-state index is 12.3.